The molecular weight excluding hydrogens is 446 g/mol. The fourth-order valence-corrected chi connectivity index (χ4v) is 5.02. The Bertz CT molecular complexity index is 1070. The molecule has 0 unspecified atom stereocenters. The summed E-state index contributed by atoms with van der Waals surface area (Å²) in [6.07, 6.45) is -0.137. The van der Waals surface area contributed by atoms with Crippen molar-refractivity contribution >= 4 is 27.8 Å². The third-order valence-corrected chi connectivity index (χ3v) is 7.33. The van der Waals surface area contributed by atoms with E-state index < -0.39 is 27.9 Å². The topological polar surface area (TPSA) is 113 Å². The first-order valence-electron chi connectivity index (χ1n) is 10.6. The van der Waals surface area contributed by atoms with Gasteiger partial charge < -0.3 is 15.0 Å². The first-order valence-corrected chi connectivity index (χ1v) is 12.0. The van der Waals surface area contributed by atoms with Gasteiger partial charge in [0.2, 0.25) is 21.8 Å². The molecule has 1 atom stereocenters. The number of carbonyl (C=O) groups excluding carboxylic acids is 3. The molecule has 10 heteroatoms. The molecule has 0 radical (unpaired) electrons. The number of ether oxygens (including phenoxy) is 1. The van der Waals surface area contributed by atoms with Crippen LogP contribution in [0.25, 0.3) is 0 Å². The molecular formula is C23H27N3O6S. The Labute approximate surface area is 193 Å². The molecule has 176 valence electrons. The number of hydrogen-bond donors (Lipinski definition) is 1. The molecule has 2 aromatic rings. The minimum atomic E-state index is -3.60. The number of rotatable bonds is 8. The maximum absolute atomic E-state index is 12.7. The summed E-state index contributed by atoms with van der Waals surface area (Å²) in [5.74, 6) is -1.29. The second-order valence-electron chi connectivity index (χ2n) is 7.53. The average molecular weight is 474 g/mol. The number of nitrogens with one attached hydrogen (secondary N) is 1. The second kappa shape index (κ2) is 11.1. The van der Waals surface area contributed by atoms with E-state index in [1.165, 1.54) is 11.4 Å². The van der Waals surface area contributed by atoms with Gasteiger partial charge in [-0.1, -0.05) is 48.5 Å². The number of amides is 2. The zero-order chi connectivity index (χ0) is 23.8. The number of sulfonamides is 1. The van der Waals surface area contributed by atoms with Gasteiger partial charge in [-0.25, -0.2) is 13.2 Å². The lowest BCUT2D eigenvalue weighted by atomic mass is 10.1. The highest BCUT2D eigenvalue weighted by Crippen LogP contribution is 2.18. The van der Waals surface area contributed by atoms with Gasteiger partial charge in [0.15, 0.2) is 6.04 Å². The van der Waals surface area contributed by atoms with Crippen LogP contribution in [0.15, 0.2) is 65.6 Å². The van der Waals surface area contributed by atoms with Crippen LogP contribution in [0.4, 0.5) is 0 Å². The van der Waals surface area contributed by atoms with Gasteiger partial charge in [0.1, 0.15) is 0 Å². The summed E-state index contributed by atoms with van der Waals surface area (Å²) in [6, 6.07) is 15.9. The average Bonchev–Trinajstić information content (AvgIpc) is 2.86. The molecule has 9 nitrogen and oxygen atoms in total. The maximum atomic E-state index is 12.7. The Balaban J connectivity index is 1.50. The van der Waals surface area contributed by atoms with E-state index in [1.807, 2.05) is 0 Å². The first-order chi connectivity index (χ1) is 15.8. The lowest BCUT2D eigenvalue weighted by molar-refractivity contribution is -0.145. The monoisotopic (exact) mass is 473 g/mol. The van der Waals surface area contributed by atoms with E-state index in [0.29, 0.717) is 5.56 Å². The van der Waals surface area contributed by atoms with Crippen molar-refractivity contribution in [3.63, 3.8) is 0 Å². The van der Waals surface area contributed by atoms with Crippen LogP contribution in [0.3, 0.4) is 0 Å². The first kappa shape index (κ1) is 24.4. The van der Waals surface area contributed by atoms with Crippen molar-refractivity contribution in [3.05, 3.63) is 66.2 Å². The van der Waals surface area contributed by atoms with E-state index in [2.05, 4.69) is 5.32 Å². The summed E-state index contributed by atoms with van der Waals surface area (Å²) >= 11 is 0. The highest BCUT2D eigenvalue weighted by atomic mass is 32.2. The van der Waals surface area contributed by atoms with Gasteiger partial charge in [0, 0.05) is 39.0 Å². The predicted octanol–water partition coefficient (Wildman–Crippen LogP) is 1.33. The second-order valence-corrected chi connectivity index (χ2v) is 9.47. The SMILES string of the molecule is COC(=O)[C@H](NC(=O)CCC(=O)N1CCN(S(=O)(=O)c2ccccc2)CC1)c1ccccc1. The summed E-state index contributed by atoms with van der Waals surface area (Å²) in [5.41, 5.74) is 0.583. The largest absolute Gasteiger partial charge is 0.467 e. The molecule has 1 fully saturated rings. The standard InChI is InChI=1S/C23H27N3O6S/c1-32-23(29)22(18-8-4-2-5-9-18)24-20(27)12-13-21(28)25-14-16-26(17-15-25)33(30,31)19-10-6-3-7-11-19/h2-11,22H,12-17H2,1H3,(H,24,27)/t22-/m1/s1. The molecule has 1 heterocycles. The predicted molar refractivity (Wildman–Crippen MR) is 120 cm³/mol. The molecule has 0 aromatic heterocycles. The summed E-state index contributed by atoms with van der Waals surface area (Å²) < 4.78 is 31.6. The highest BCUT2D eigenvalue weighted by Gasteiger charge is 2.30. The molecule has 1 aliphatic rings. The van der Waals surface area contributed by atoms with Crippen molar-refractivity contribution in [2.24, 2.45) is 0 Å². The van der Waals surface area contributed by atoms with E-state index in [0.717, 1.165) is 0 Å². The van der Waals surface area contributed by atoms with Gasteiger partial charge in [-0.05, 0) is 17.7 Å². The minimum absolute atomic E-state index is 0.0417. The smallest absolute Gasteiger partial charge is 0.333 e. The van der Waals surface area contributed by atoms with E-state index in [9.17, 15) is 22.8 Å². The Morgan fingerprint density at radius 3 is 2.06 bits per heavy atom. The van der Waals surface area contributed by atoms with E-state index in [-0.39, 0.29) is 49.8 Å². The molecule has 1 N–H and O–H groups in total. The number of nitrogens with zero attached hydrogens (tertiary/aromatic N) is 2. The molecule has 1 aliphatic heterocycles. The molecule has 1 saturated heterocycles. The van der Waals surface area contributed by atoms with Crippen molar-refractivity contribution < 1.29 is 27.5 Å². The van der Waals surface area contributed by atoms with Crippen LogP contribution in [-0.4, -0.2) is 68.7 Å². The summed E-state index contributed by atoms with van der Waals surface area (Å²) in [6.45, 7) is 0.879. The lowest BCUT2D eigenvalue weighted by Gasteiger charge is -2.34. The van der Waals surface area contributed by atoms with Gasteiger partial charge in [-0.15, -0.1) is 0 Å². The van der Waals surface area contributed by atoms with Crippen molar-refractivity contribution in [2.75, 3.05) is 33.3 Å². The van der Waals surface area contributed by atoms with Crippen molar-refractivity contribution in [1.82, 2.24) is 14.5 Å². The van der Waals surface area contributed by atoms with Crippen LogP contribution < -0.4 is 5.32 Å². The Morgan fingerprint density at radius 1 is 0.909 bits per heavy atom. The zero-order valence-corrected chi connectivity index (χ0v) is 19.2. The summed E-state index contributed by atoms with van der Waals surface area (Å²) in [4.78, 5) is 38.8. The quantitative estimate of drug-likeness (QED) is 0.579. The normalized spacial score (nSPS) is 15.5. The van der Waals surface area contributed by atoms with Gasteiger partial charge in [-0.2, -0.15) is 4.31 Å². The van der Waals surface area contributed by atoms with Crippen molar-refractivity contribution in [2.45, 2.75) is 23.8 Å². The molecule has 0 saturated carbocycles. The number of piperazine rings is 1. The van der Waals surface area contributed by atoms with Crippen molar-refractivity contribution in [3.8, 4) is 0 Å². The maximum Gasteiger partial charge on any atom is 0.333 e. The minimum Gasteiger partial charge on any atom is -0.467 e. The van der Waals surface area contributed by atoms with Crippen LogP contribution in [0.1, 0.15) is 24.4 Å². The number of carbonyl (C=O) groups is 3. The van der Waals surface area contributed by atoms with Gasteiger partial charge in [-0.3, -0.25) is 9.59 Å². The molecule has 33 heavy (non-hydrogen) atoms. The molecule has 0 aliphatic carbocycles. The highest BCUT2D eigenvalue weighted by molar-refractivity contribution is 7.89. The lowest BCUT2D eigenvalue weighted by Crippen LogP contribution is -2.50. The van der Waals surface area contributed by atoms with Gasteiger partial charge >= 0.3 is 5.97 Å². The van der Waals surface area contributed by atoms with Crippen LogP contribution >= 0.6 is 0 Å². The number of benzene rings is 2. The molecule has 2 aromatic carbocycles. The molecule has 2 amide bonds. The summed E-state index contributed by atoms with van der Waals surface area (Å²) in [7, 11) is -2.36. The van der Waals surface area contributed by atoms with Gasteiger partial charge in [0.05, 0.1) is 12.0 Å². The Morgan fingerprint density at radius 2 is 1.48 bits per heavy atom. The third-order valence-electron chi connectivity index (χ3n) is 5.41. The van der Waals surface area contributed by atoms with Crippen LogP contribution in [0.2, 0.25) is 0 Å². The van der Waals surface area contributed by atoms with Crippen LogP contribution in [0.5, 0.6) is 0 Å². The Hall–Kier alpha value is -3.24. The van der Waals surface area contributed by atoms with E-state index in [1.54, 1.807) is 65.6 Å². The van der Waals surface area contributed by atoms with Crippen LogP contribution in [-0.2, 0) is 29.1 Å². The fraction of sp³-hybridized carbons (Fsp3) is 0.348. The number of esters is 1. The molecule has 0 bridgehead atoms. The molecule has 3 rings (SSSR count). The number of hydrogen-bond acceptors (Lipinski definition) is 6. The number of methoxy groups -OCH3 is 1. The zero-order valence-electron chi connectivity index (χ0n) is 18.3. The van der Waals surface area contributed by atoms with E-state index >= 15 is 0 Å². The molecule has 0 spiro atoms. The van der Waals surface area contributed by atoms with E-state index in [4.69, 9.17) is 4.74 Å². The third kappa shape index (κ3) is 6.17. The van der Waals surface area contributed by atoms with Gasteiger partial charge in [0.25, 0.3) is 0 Å². The van der Waals surface area contributed by atoms with Crippen molar-refractivity contribution in [1.29, 1.82) is 0 Å². The Kier molecular flexibility index (Phi) is 8.18. The summed E-state index contributed by atoms with van der Waals surface area (Å²) in [5, 5.41) is 2.62. The van der Waals surface area contributed by atoms with Crippen LogP contribution in [0, 0.1) is 0 Å². The fourth-order valence-electron chi connectivity index (χ4n) is 3.57.